The van der Waals surface area contributed by atoms with Gasteiger partial charge in [-0.25, -0.2) is 0 Å². The molecule has 161 valence electrons. The Morgan fingerprint density at radius 3 is 1.70 bits per heavy atom. The van der Waals surface area contributed by atoms with Gasteiger partial charge in [-0.3, -0.25) is 15.4 Å². The minimum atomic E-state index is 0. The van der Waals surface area contributed by atoms with Crippen molar-refractivity contribution in [3.05, 3.63) is 0 Å². The summed E-state index contributed by atoms with van der Waals surface area (Å²) in [6, 6.07) is 0. The van der Waals surface area contributed by atoms with Crippen LogP contribution in [0.1, 0.15) is 110 Å². The van der Waals surface area contributed by atoms with Gasteiger partial charge in [0, 0.05) is 25.9 Å². The fourth-order valence-corrected chi connectivity index (χ4v) is 4.42. The summed E-state index contributed by atoms with van der Waals surface area (Å²) in [4.78, 5) is 15.2. The van der Waals surface area contributed by atoms with Gasteiger partial charge in [-0.15, -0.1) is 0 Å². The van der Waals surface area contributed by atoms with Gasteiger partial charge < -0.3 is 4.90 Å². The molecule has 2 saturated heterocycles. The molecule has 2 heterocycles. The van der Waals surface area contributed by atoms with Gasteiger partial charge >= 0.3 is 0 Å². The molecule has 2 atom stereocenters. The molecule has 0 aliphatic carbocycles. The largest absolute Gasteiger partial charge is 0.312 e. The van der Waals surface area contributed by atoms with Crippen LogP contribution in [0.2, 0.25) is 0 Å². The van der Waals surface area contributed by atoms with E-state index in [-0.39, 0.29) is 31.8 Å². The molecular weight excluding hydrogens is 425 g/mol. The molecule has 27 heavy (non-hydrogen) atoms. The van der Waals surface area contributed by atoms with Gasteiger partial charge in [0.1, 0.15) is 0 Å². The molecule has 0 saturated carbocycles. The smallest absolute Gasteiger partial charge is 0.225 e. The zero-order valence-electron chi connectivity index (χ0n) is 17.6. The molecule has 2 N–H and O–H groups in total. The number of unbranched alkanes of at least 4 members (excludes halogenated alkanes) is 8. The molecule has 0 aromatic carbocycles. The molecule has 0 aromatic rings. The molecular formula is C22H43N3ORh. The Labute approximate surface area is 180 Å². The third-order valence-corrected chi connectivity index (χ3v) is 6.02. The van der Waals surface area contributed by atoms with Gasteiger partial charge in [0.15, 0.2) is 0 Å². The zero-order valence-corrected chi connectivity index (χ0v) is 19.2. The fraction of sp³-hybridized carbons (Fsp3) is 0.955. The summed E-state index contributed by atoms with van der Waals surface area (Å²) in [5, 5.41) is 7.20. The van der Waals surface area contributed by atoms with Crippen molar-refractivity contribution in [2.45, 2.75) is 122 Å². The van der Waals surface area contributed by atoms with E-state index in [1.54, 1.807) is 0 Å². The second-order valence-electron chi connectivity index (χ2n) is 8.31. The van der Waals surface area contributed by atoms with Gasteiger partial charge in [-0.05, 0) is 58.0 Å². The fourth-order valence-electron chi connectivity index (χ4n) is 4.42. The Morgan fingerprint density at radius 2 is 1.26 bits per heavy atom. The third-order valence-electron chi connectivity index (χ3n) is 6.02. The van der Waals surface area contributed by atoms with Crippen LogP contribution in [0.25, 0.3) is 0 Å². The Balaban J connectivity index is 0.00000364. The predicted octanol–water partition coefficient (Wildman–Crippen LogP) is 4.93. The molecule has 0 spiro atoms. The summed E-state index contributed by atoms with van der Waals surface area (Å²) in [7, 11) is 0. The van der Waals surface area contributed by atoms with Crippen LogP contribution in [-0.4, -0.2) is 36.2 Å². The van der Waals surface area contributed by atoms with Gasteiger partial charge in [0.05, 0.1) is 12.3 Å². The molecule has 2 aliphatic rings. The summed E-state index contributed by atoms with van der Waals surface area (Å²) in [5.41, 5.74) is 0. The minimum absolute atomic E-state index is 0. The molecule has 4 nitrogen and oxygen atoms in total. The Hall–Kier alpha value is 0.0134. The van der Waals surface area contributed by atoms with Gasteiger partial charge in [-0.2, -0.15) is 0 Å². The number of amides is 1. The molecule has 0 aromatic heterocycles. The number of nitrogens with zero attached hydrogens (tertiary/aromatic N) is 1. The van der Waals surface area contributed by atoms with Crippen LogP contribution in [0.15, 0.2) is 0 Å². The van der Waals surface area contributed by atoms with Gasteiger partial charge in [-0.1, -0.05) is 58.3 Å². The maximum Gasteiger partial charge on any atom is 0.225 e. The molecule has 0 bridgehead atoms. The first-order chi connectivity index (χ1) is 12.8. The van der Waals surface area contributed by atoms with E-state index in [0.717, 1.165) is 38.8 Å². The molecule has 2 aliphatic heterocycles. The number of carbonyl (C=O) groups excluding carboxylic acids is 1. The Morgan fingerprint density at radius 1 is 0.778 bits per heavy atom. The summed E-state index contributed by atoms with van der Waals surface area (Å²) >= 11 is 0. The Kier molecular flexibility index (Phi) is 14.7. The van der Waals surface area contributed by atoms with E-state index in [2.05, 4.69) is 22.5 Å². The summed E-state index contributed by atoms with van der Waals surface area (Å²) in [6.07, 6.45) is 20.2. The van der Waals surface area contributed by atoms with Crippen molar-refractivity contribution < 1.29 is 24.3 Å². The van der Waals surface area contributed by atoms with Crippen LogP contribution < -0.4 is 10.6 Å². The molecule has 2 fully saturated rings. The van der Waals surface area contributed by atoms with E-state index in [9.17, 15) is 4.79 Å². The standard InChI is InChI=1S/C22H43N3O.Rh/c1-2-3-4-5-6-7-8-9-10-17-22(26)25(20-15-11-13-18-23-20)21-16-12-14-19-24-21;/h20-21,23-24H,2-19H2,1H3;. The summed E-state index contributed by atoms with van der Waals surface area (Å²) in [5.74, 6) is 0.367. The van der Waals surface area contributed by atoms with Crippen LogP contribution in [0.3, 0.4) is 0 Å². The van der Waals surface area contributed by atoms with Crippen LogP contribution in [0.4, 0.5) is 0 Å². The first kappa shape index (κ1) is 25.1. The van der Waals surface area contributed by atoms with E-state index < -0.39 is 0 Å². The van der Waals surface area contributed by atoms with Crippen molar-refractivity contribution in [1.29, 1.82) is 0 Å². The van der Waals surface area contributed by atoms with Crippen molar-refractivity contribution in [1.82, 2.24) is 15.5 Å². The van der Waals surface area contributed by atoms with Gasteiger partial charge in [0.25, 0.3) is 0 Å². The molecule has 1 radical (unpaired) electrons. The zero-order chi connectivity index (χ0) is 18.5. The van der Waals surface area contributed by atoms with E-state index in [0.29, 0.717) is 5.91 Å². The van der Waals surface area contributed by atoms with Gasteiger partial charge in [0.2, 0.25) is 5.91 Å². The van der Waals surface area contributed by atoms with E-state index in [1.165, 1.54) is 77.0 Å². The summed E-state index contributed by atoms with van der Waals surface area (Å²) < 4.78 is 0. The number of nitrogens with one attached hydrogen (secondary N) is 2. The normalized spacial score (nSPS) is 22.9. The molecule has 2 rings (SSSR count). The molecule has 2 unspecified atom stereocenters. The number of piperidine rings is 2. The third kappa shape index (κ3) is 9.86. The number of rotatable bonds is 12. The van der Waals surface area contributed by atoms with E-state index >= 15 is 0 Å². The van der Waals surface area contributed by atoms with Crippen molar-refractivity contribution >= 4 is 5.91 Å². The molecule has 1 amide bonds. The Bertz CT molecular complexity index is 351. The van der Waals surface area contributed by atoms with E-state index in [4.69, 9.17) is 0 Å². The van der Waals surface area contributed by atoms with E-state index in [1.807, 2.05) is 0 Å². The average Bonchev–Trinajstić information content (AvgIpc) is 2.68. The van der Waals surface area contributed by atoms with Crippen molar-refractivity contribution in [2.24, 2.45) is 0 Å². The quantitative estimate of drug-likeness (QED) is 0.315. The topological polar surface area (TPSA) is 44.4 Å². The second kappa shape index (κ2) is 15.9. The maximum atomic E-state index is 13.0. The predicted molar refractivity (Wildman–Crippen MR) is 110 cm³/mol. The number of hydrogen-bond acceptors (Lipinski definition) is 3. The van der Waals surface area contributed by atoms with Crippen molar-refractivity contribution in [3.63, 3.8) is 0 Å². The first-order valence-corrected chi connectivity index (χ1v) is 11.6. The number of hydrogen-bond donors (Lipinski definition) is 2. The van der Waals surface area contributed by atoms with Crippen molar-refractivity contribution in [3.8, 4) is 0 Å². The van der Waals surface area contributed by atoms with Crippen molar-refractivity contribution in [2.75, 3.05) is 13.1 Å². The van der Waals surface area contributed by atoms with Crippen LogP contribution in [-0.2, 0) is 24.3 Å². The average molecular weight is 469 g/mol. The maximum absolute atomic E-state index is 13.0. The first-order valence-electron chi connectivity index (χ1n) is 11.6. The van der Waals surface area contributed by atoms with Crippen LogP contribution in [0.5, 0.6) is 0 Å². The number of carbonyl (C=O) groups is 1. The SMILES string of the molecule is CCCCCCCCCCCC(=O)N(C1CCCCN1)C1CCCCN1.[Rh]. The second-order valence-corrected chi connectivity index (χ2v) is 8.31. The van der Waals surface area contributed by atoms with Crippen LogP contribution >= 0.6 is 0 Å². The molecule has 5 heteroatoms. The monoisotopic (exact) mass is 468 g/mol. The summed E-state index contributed by atoms with van der Waals surface area (Å²) in [6.45, 7) is 4.38. The minimum Gasteiger partial charge on any atom is -0.312 e. The van der Waals surface area contributed by atoms with Crippen LogP contribution in [0, 0.1) is 0 Å².